The van der Waals surface area contributed by atoms with E-state index in [9.17, 15) is 9.59 Å². The standard InChI is InChI=1S/C28H37N3O7/c1-20(29-25(32)14-12-22-11-13-24(34-2)27(36-4)26(22)35-3)15-23-16-30(28(33)37-5)18-31(23)19-38-17-21-9-7-6-8-10-21/h6-11,13,16,20H,12,14-15,17-19H2,1-5H3,(H,29,32)/t20-/m1/s1. The minimum Gasteiger partial charge on any atom is -0.493 e. The summed E-state index contributed by atoms with van der Waals surface area (Å²) in [6.07, 6.45) is 2.56. The van der Waals surface area contributed by atoms with Crippen molar-refractivity contribution in [2.24, 2.45) is 0 Å². The summed E-state index contributed by atoms with van der Waals surface area (Å²) in [6, 6.07) is 13.4. The van der Waals surface area contributed by atoms with E-state index < -0.39 is 6.09 Å². The first-order valence-electron chi connectivity index (χ1n) is 12.4. The smallest absolute Gasteiger partial charge is 0.415 e. The van der Waals surface area contributed by atoms with Gasteiger partial charge in [0.15, 0.2) is 11.5 Å². The van der Waals surface area contributed by atoms with Crippen molar-refractivity contribution in [3.63, 3.8) is 0 Å². The lowest BCUT2D eigenvalue weighted by Gasteiger charge is -2.24. The molecule has 0 fully saturated rings. The van der Waals surface area contributed by atoms with E-state index in [0.717, 1.165) is 16.8 Å². The van der Waals surface area contributed by atoms with Crippen molar-refractivity contribution in [3.8, 4) is 17.2 Å². The van der Waals surface area contributed by atoms with Crippen molar-refractivity contribution in [3.05, 3.63) is 65.5 Å². The van der Waals surface area contributed by atoms with Crippen LogP contribution >= 0.6 is 0 Å². The van der Waals surface area contributed by atoms with E-state index >= 15 is 0 Å². The van der Waals surface area contributed by atoms with Crippen LogP contribution in [0.25, 0.3) is 0 Å². The minimum absolute atomic E-state index is 0.0929. The predicted octanol–water partition coefficient (Wildman–Crippen LogP) is 3.90. The van der Waals surface area contributed by atoms with Gasteiger partial charge in [-0.25, -0.2) is 4.79 Å². The summed E-state index contributed by atoms with van der Waals surface area (Å²) >= 11 is 0. The van der Waals surface area contributed by atoms with Gasteiger partial charge in [-0.3, -0.25) is 9.69 Å². The van der Waals surface area contributed by atoms with E-state index in [4.69, 9.17) is 23.7 Å². The van der Waals surface area contributed by atoms with Crippen LogP contribution in [0.2, 0.25) is 0 Å². The zero-order valence-corrected chi connectivity index (χ0v) is 22.7. The maximum Gasteiger partial charge on any atom is 0.415 e. The highest BCUT2D eigenvalue weighted by Crippen LogP contribution is 2.40. The van der Waals surface area contributed by atoms with E-state index in [0.29, 0.717) is 50.1 Å². The van der Waals surface area contributed by atoms with Crippen LogP contribution in [0, 0.1) is 0 Å². The molecule has 0 radical (unpaired) electrons. The first kappa shape index (κ1) is 28.6. The van der Waals surface area contributed by atoms with Gasteiger partial charge < -0.3 is 33.9 Å². The molecular weight excluding hydrogens is 490 g/mol. The number of carbonyl (C=O) groups excluding carboxylic acids is 2. The number of ether oxygens (including phenoxy) is 5. The molecule has 10 heteroatoms. The third-order valence-corrected chi connectivity index (χ3v) is 6.13. The first-order chi connectivity index (χ1) is 18.4. The molecule has 206 valence electrons. The van der Waals surface area contributed by atoms with Crippen LogP contribution in [0.5, 0.6) is 17.2 Å². The molecular formula is C28H37N3O7. The van der Waals surface area contributed by atoms with E-state index in [2.05, 4.69) is 5.32 Å². The summed E-state index contributed by atoms with van der Waals surface area (Å²) in [5.41, 5.74) is 2.79. The SMILES string of the molecule is COC(=O)N1C=C(C[C@@H](C)NC(=O)CCc2ccc(OC)c(OC)c2OC)N(COCc2ccccc2)C1. The Balaban J connectivity index is 1.56. The molecule has 0 aromatic heterocycles. The van der Waals surface area contributed by atoms with Crippen LogP contribution in [0.15, 0.2) is 54.4 Å². The lowest BCUT2D eigenvalue weighted by Crippen LogP contribution is -2.36. The van der Waals surface area contributed by atoms with Crippen LogP contribution in [0.1, 0.15) is 30.9 Å². The number of hydrogen-bond acceptors (Lipinski definition) is 8. The summed E-state index contributed by atoms with van der Waals surface area (Å²) in [5, 5.41) is 3.05. The van der Waals surface area contributed by atoms with Gasteiger partial charge in [0.05, 0.1) is 35.0 Å². The number of nitrogens with zero attached hydrogens (tertiary/aromatic N) is 2. The average molecular weight is 528 g/mol. The molecule has 2 aromatic rings. The number of amides is 2. The van der Waals surface area contributed by atoms with Crippen LogP contribution in [0.4, 0.5) is 4.79 Å². The van der Waals surface area contributed by atoms with E-state index in [1.165, 1.54) is 12.0 Å². The molecule has 38 heavy (non-hydrogen) atoms. The zero-order chi connectivity index (χ0) is 27.5. The van der Waals surface area contributed by atoms with Gasteiger partial charge in [-0.05, 0) is 30.5 Å². The fourth-order valence-electron chi connectivity index (χ4n) is 4.28. The molecule has 0 unspecified atom stereocenters. The van der Waals surface area contributed by atoms with Gasteiger partial charge in [0, 0.05) is 30.8 Å². The highest BCUT2D eigenvalue weighted by molar-refractivity contribution is 5.76. The molecule has 0 saturated heterocycles. The van der Waals surface area contributed by atoms with E-state index in [1.54, 1.807) is 33.6 Å². The zero-order valence-electron chi connectivity index (χ0n) is 22.7. The fourth-order valence-corrected chi connectivity index (χ4v) is 4.28. The number of hydrogen-bond donors (Lipinski definition) is 1. The molecule has 2 amide bonds. The molecule has 1 N–H and O–H groups in total. The Bertz CT molecular complexity index is 1110. The predicted molar refractivity (Wildman–Crippen MR) is 142 cm³/mol. The second-order valence-electron chi connectivity index (χ2n) is 8.87. The maximum absolute atomic E-state index is 12.8. The summed E-state index contributed by atoms with van der Waals surface area (Å²) in [7, 11) is 6.02. The minimum atomic E-state index is -0.450. The Kier molecular flexibility index (Phi) is 10.7. The number of carbonyl (C=O) groups is 2. The van der Waals surface area contributed by atoms with Gasteiger partial charge >= 0.3 is 6.09 Å². The second-order valence-corrected chi connectivity index (χ2v) is 8.87. The van der Waals surface area contributed by atoms with E-state index in [-0.39, 0.29) is 18.4 Å². The van der Waals surface area contributed by atoms with Gasteiger partial charge in [0.2, 0.25) is 11.7 Å². The van der Waals surface area contributed by atoms with Crippen LogP contribution in [-0.2, 0) is 27.3 Å². The normalized spacial score (nSPS) is 13.6. The Morgan fingerprint density at radius 1 is 0.974 bits per heavy atom. The quantitative estimate of drug-likeness (QED) is 0.419. The number of aryl methyl sites for hydroxylation is 1. The molecule has 1 atom stereocenters. The summed E-state index contributed by atoms with van der Waals surface area (Å²) in [6.45, 7) is 3.00. The highest BCUT2D eigenvalue weighted by Gasteiger charge is 2.27. The van der Waals surface area contributed by atoms with Gasteiger partial charge in [-0.2, -0.15) is 0 Å². The second kappa shape index (κ2) is 14.1. The molecule has 1 aliphatic heterocycles. The molecule has 0 saturated carbocycles. The van der Waals surface area contributed by atoms with Crippen molar-refractivity contribution in [1.82, 2.24) is 15.1 Å². The Morgan fingerprint density at radius 2 is 1.71 bits per heavy atom. The third kappa shape index (κ3) is 7.55. The summed E-state index contributed by atoms with van der Waals surface area (Å²) < 4.78 is 27.0. The number of methoxy groups -OCH3 is 4. The topological polar surface area (TPSA) is 98.8 Å². The Labute approximate surface area is 224 Å². The van der Waals surface area contributed by atoms with Crippen molar-refractivity contribution in [1.29, 1.82) is 0 Å². The lowest BCUT2D eigenvalue weighted by atomic mass is 10.1. The van der Waals surface area contributed by atoms with Crippen LogP contribution in [0.3, 0.4) is 0 Å². The summed E-state index contributed by atoms with van der Waals surface area (Å²) in [5.74, 6) is 1.52. The van der Waals surface area contributed by atoms with Gasteiger partial charge in [-0.1, -0.05) is 36.4 Å². The molecule has 0 spiro atoms. The van der Waals surface area contributed by atoms with Crippen molar-refractivity contribution < 1.29 is 33.3 Å². The fraction of sp³-hybridized carbons (Fsp3) is 0.429. The van der Waals surface area contributed by atoms with Crippen molar-refractivity contribution in [2.75, 3.05) is 41.8 Å². The molecule has 2 aromatic carbocycles. The highest BCUT2D eigenvalue weighted by atomic mass is 16.5. The molecule has 1 heterocycles. The first-order valence-corrected chi connectivity index (χ1v) is 12.4. The van der Waals surface area contributed by atoms with Gasteiger partial charge in [-0.15, -0.1) is 0 Å². The number of nitrogens with one attached hydrogen (secondary N) is 1. The molecule has 0 aliphatic carbocycles. The monoisotopic (exact) mass is 527 g/mol. The Morgan fingerprint density at radius 3 is 2.37 bits per heavy atom. The van der Waals surface area contributed by atoms with Crippen LogP contribution in [-0.4, -0.2) is 69.7 Å². The number of rotatable bonds is 13. The van der Waals surface area contributed by atoms with Crippen molar-refractivity contribution >= 4 is 12.0 Å². The molecule has 1 aliphatic rings. The molecule has 10 nitrogen and oxygen atoms in total. The van der Waals surface area contributed by atoms with Crippen LogP contribution < -0.4 is 19.5 Å². The molecule has 0 bridgehead atoms. The Hall–Kier alpha value is -3.92. The van der Waals surface area contributed by atoms with E-state index in [1.807, 2.05) is 48.2 Å². The molecule has 3 rings (SSSR count). The maximum atomic E-state index is 12.8. The average Bonchev–Trinajstić information content (AvgIpc) is 3.33. The number of benzene rings is 2. The summed E-state index contributed by atoms with van der Waals surface area (Å²) in [4.78, 5) is 28.3. The lowest BCUT2D eigenvalue weighted by molar-refractivity contribution is -0.121. The largest absolute Gasteiger partial charge is 0.493 e. The van der Waals surface area contributed by atoms with Crippen molar-refractivity contribution in [2.45, 2.75) is 38.8 Å². The van der Waals surface area contributed by atoms with Gasteiger partial charge in [0.1, 0.15) is 13.4 Å². The third-order valence-electron chi connectivity index (χ3n) is 6.13. The van der Waals surface area contributed by atoms with Gasteiger partial charge in [0.25, 0.3) is 0 Å².